The minimum absolute atomic E-state index is 0.219. The third-order valence-electron chi connectivity index (χ3n) is 3.40. The van der Waals surface area contributed by atoms with E-state index in [4.69, 9.17) is 0 Å². The van der Waals surface area contributed by atoms with Crippen LogP contribution < -0.4 is 5.32 Å². The summed E-state index contributed by atoms with van der Waals surface area (Å²) in [6.45, 7) is 0.707. The Morgan fingerprint density at radius 3 is 3.11 bits per heavy atom. The van der Waals surface area contributed by atoms with Gasteiger partial charge in [0.05, 0.1) is 4.92 Å². The van der Waals surface area contributed by atoms with Crippen LogP contribution in [-0.2, 0) is 13.0 Å². The normalized spacial score (nSPS) is 18.2. The number of fused-ring (bicyclic) bond motifs is 1. The van der Waals surface area contributed by atoms with Gasteiger partial charge in [-0.3, -0.25) is 10.1 Å². The van der Waals surface area contributed by atoms with Gasteiger partial charge in [0.15, 0.2) is 0 Å². The van der Waals surface area contributed by atoms with Crippen molar-refractivity contribution in [1.29, 1.82) is 0 Å². The molecule has 1 atom stereocenters. The number of rotatable bonds is 4. The zero-order chi connectivity index (χ0) is 13.2. The van der Waals surface area contributed by atoms with E-state index >= 15 is 0 Å². The van der Waals surface area contributed by atoms with E-state index in [-0.39, 0.29) is 9.92 Å². The Bertz CT molecular complexity index is 591. The first-order valence-corrected chi connectivity index (χ1v) is 7.96. The average Bonchev–Trinajstić information content (AvgIpc) is 3.05. The lowest BCUT2D eigenvalue weighted by Gasteiger charge is -2.23. The van der Waals surface area contributed by atoms with Crippen molar-refractivity contribution in [3.8, 4) is 0 Å². The highest BCUT2D eigenvalue weighted by atomic mass is 32.1. The lowest BCUT2D eigenvalue weighted by Crippen LogP contribution is -2.23. The zero-order valence-corrected chi connectivity index (χ0v) is 11.9. The highest BCUT2D eigenvalue weighted by molar-refractivity contribution is 7.15. The molecule has 0 aromatic carbocycles. The number of thiophene rings is 2. The topological polar surface area (TPSA) is 55.2 Å². The van der Waals surface area contributed by atoms with Crippen molar-refractivity contribution in [3.63, 3.8) is 0 Å². The van der Waals surface area contributed by atoms with Crippen molar-refractivity contribution in [3.05, 3.63) is 49.0 Å². The second-order valence-electron chi connectivity index (χ2n) is 4.62. The molecule has 3 rings (SSSR count). The molecule has 2 aromatic rings. The lowest BCUT2D eigenvalue weighted by molar-refractivity contribution is -0.380. The summed E-state index contributed by atoms with van der Waals surface area (Å²) in [5.41, 5.74) is 1.42. The molecule has 1 aliphatic rings. The van der Waals surface area contributed by atoms with Crippen LogP contribution in [0.4, 0.5) is 5.00 Å². The number of aryl methyl sites for hydroxylation is 1. The highest BCUT2D eigenvalue weighted by Gasteiger charge is 2.21. The van der Waals surface area contributed by atoms with Gasteiger partial charge in [-0.2, -0.15) is 0 Å². The fraction of sp³-hybridized carbons (Fsp3) is 0.385. The van der Waals surface area contributed by atoms with Crippen molar-refractivity contribution in [1.82, 2.24) is 5.32 Å². The molecule has 6 heteroatoms. The van der Waals surface area contributed by atoms with Gasteiger partial charge < -0.3 is 5.32 Å². The van der Waals surface area contributed by atoms with Crippen LogP contribution in [-0.4, -0.2) is 4.92 Å². The molecule has 19 heavy (non-hydrogen) atoms. The van der Waals surface area contributed by atoms with Gasteiger partial charge in [0.1, 0.15) is 0 Å². The molecule has 0 spiro atoms. The van der Waals surface area contributed by atoms with E-state index in [9.17, 15) is 10.1 Å². The summed E-state index contributed by atoms with van der Waals surface area (Å²) in [7, 11) is 0. The molecule has 0 aliphatic heterocycles. The van der Waals surface area contributed by atoms with Crippen molar-refractivity contribution >= 4 is 27.7 Å². The highest BCUT2D eigenvalue weighted by Crippen LogP contribution is 2.34. The number of hydrogen-bond donors (Lipinski definition) is 1. The Balaban J connectivity index is 1.65. The third-order valence-corrected chi connectivity index (χ3v) is 5.44. The van der Waals surface area contributed by atoms with E-state index in [2.05, 4.69) is 16.8 Å². The molecule has 1 aliphatic carbocycles. The second-order valence-corrected chi connectivity index (χ2v) is 6.77. The second kappa shape index (κ2) is 5.40. The number of hydrogen-bond acceptors (Lipinski definition) is 5. The molecule has 4 nitrogen and oxygen atoms in total. The fourth-order valence-corrected chi connectivity index (χ4v) is 4.24. The summed E-state index contributed by atoms with van der Waals surface area (Å²) < 4.78 is 0. The summed E-state index contributed by atoms with van der Waals surface area (Å²) in [5.74, 6) is 0. The predicted molar refractivity (Wildman–Crippen MR) is 77.8 cm³/mol. The predicted octanol–water partition coefficient (Wildman–Crippen LogP) is 3.89. The maximum Gasteiger partial charge on any atom is 0.324 e. The van der Waals surface area contributed by atoms with Gasteiger partial charge in [-0.25, -0.2) is 0 Å². The van der Waals surface area contributed by atoms with Crippen LogP contribution >= 0.6 is 22.7 Å². The lowest BCUT2D eigenvalue weighted by atomic mass is 9.94. The number of nitrogens with zero attached hydrogens (tertiary/aromatic N) is 1. The van der Waals surface area contributed by atoms with Crippen molar-refractivity contribution in [2.24, 2.45) is 0 Å². The largest absolute Gasteiger partial charge is 0.324 e. The average molecular weight is 294 g/mol. The first-order valence-electron chi connectivity index (χ1n) is 6.27. The van der Waals surface area contributed by atoms with Gasteiger partial charge in [0.25, 0.3) is 0 Å². The quantitative estimate of drug-likeness (QED) is 0.687. The van der Waals surface area contributed by atoms with Crippen molar-refractivity contribution < 1.29 is 4.92 Å². The van der Waals surface area contributed by atoms with E-state index in [0.29, 0.717) is 12.6 Å². The van der Waals surface area contributed by atoms with Gasteiger partial charge in [0, 0.05) is 28.4 Å². The summed E-state index contributed by atoms with van der Waals surface area (Å²) in [5, 5.41) is 16.5. The van der Waals surface area contributed by atoms with Crippen LogP contribution in [0.2, 0.25) is 0 Å². The third kappa shape index (κ3) is 2.70. The van der Waals surface area contributed by atoms with Crippen molar-refractivity contribution in [2.75, 3.05) is 0 Å². The molecular formula is C13H14N2O2S2. The van der Waals surface area contributed by atoms with E-state index < -0.39 is 0 Å². The molecule has 1 unspecified atom stereocenters. The van der Waals surface area contributed by atoms with E-state index in [1.165, 1.54) is 34.6 Å². The van der Waals surface area contributed by atoms with Gasteiger partial charge in [-0.05, 0) is 42.3 Å². The summed E-state index contributed by atoms with van der Waals surface area (Å²) >= 11 is 3.09. The van der Waals surface area contributed by atoms with Crippen LogP contribution in [0.3, 0.4) is 0 Å². The molecule has 0 amide bonds. The Hall–Kier alpha value is -1.24. The van der Waals surface area contributed by atoms with E-state index in [1.54, 1.807) is 6.07 Å². The Morgan fingerprint density at radius 2 is 2.32 bits per heavy atom. The van der Waals surface area contributed by atoms with Crippen LogP contribution in [0.15, 0.2) is 23.6 Å². The van der Waals surface area contributed by atoms with Gasteiger partial charge >= 0.3 is 5.00 Å². The molecule has 2 aromatic heterocycles. The van der Waals surface area contributed by atoms with Crippen LogP contribution in [0.25, 0.3) is 0 Å². The molecule has 0 bridgehead atoms. The Labute approximate surface area is 119 Å². The number of nitro groups is 1. The molecule has 2 heterocycles. The molecule has 0 radical (unpaired) electrons. The van der Waals surface area contributed by atoms with Gasteiger partial charge in [-0.15, -0.1) is 11.3 Å². The minimum Gasteiger partial charge on any atom is -0.305 e. The Kier molecular flexibility index (Phi) is 3.63. The molecule has 0 saturated heterocycles. The van der Waals surface area contributed by atoms with E-state index in [1.807, 2.05) is 17.4 Å². The molecule has 100 valence electrons. The molecule has 0 fully saturated rings. The summed E-state index contributed by atoms with van der Waals surface area (Å²) in [4.78, 5) is 12.8. The fourth-order valence-electron chi connectivity index (χ4n) is 2.48. The first kappa shape index (κ1) is 12.8. The van der Waals surface area contributed by atoms with Crippen LogP contribution in [0.5, 0.6) is 0 Å². The zero-order valence-electron chi connectivity index (χ0n) is 10.3. The van der Waals surface area contributed by atoms with Crippen LogP contribution in [0.1, 0.15) is 34.2 Å². The first-order chi connectivity index (χ1) is 9.24. The standard InChI is InChI=1S/C13H14N2O2S2/c16-15(17)13-5-4-9(19-13)8-14-11-2-1-3-12-10(11)6-7-18-12/h4-7,11,14H,1-3,8H2. The minimum atomic E-state index is -0.328. The smallest absolute Gasteiger partial charge is 0.305 e. The summed E-state index contributed by atoms with van der Waals surface area (Å²) in [6, 6.07) is 6.02. The molecule has 0 saturated carbocycles. The molecular weight excluding hydrogens is 280 g/mol. The summed E-state index contributed by atoms with van der Waals surface area (Å²) in [6.07, 6.45) is 3.56. The van der Waals surface area contributed by atoms with Crippen LogP contribution in [0, 0.1) is 10.1 Å². The van der Waals surface area contributed by atoms with Gasteiger partial charge in [0.2, 0.25) is 0 Å². The number of nitrogens with one attached hydrogen (secondary N) is 1. The monoisotopic (exact) mass is 294 g/mol. The van der Waals surface area contributed by atoms with E-state index in [0.717, 1.165) is 11.3 Å². The Morgan fingerprint density at radius 1 is 1.42 bits per heavy atom. The SMILES string of the molecule is O=[N+]([O-])c1ccc(CNC2CCCc3sccc32)s1. The van der Waals surface area contributed by atoms with Gasteiger partial charge in [-0.1, -0.05) is 11.3 Å². The molecule has 1 N–H and O–H groups in total. The van der Waals surface area contributed by atoms with Crippen molar-refractivity contribution in [2.45, 2.75) is 31.8 Å². The maximum absolute atomic E-state index is 10.6. The maximum atomic E-state index is 10.6.